The molecule has 0 bridgehead atoms. The van der Waals surface area contributed by atoms with Crippen LogP contribution in [0.15, 0.2) is 41.8 Å². The smallest absolute Gasteiger partial charge is 0.230 e. The van der Waals surface area contributed by atoms with Crippen molar-refractivity contribution in [2.24, 2.45) is 0 Å². The van der Waals surface area contributed by atoms with Gasteiger partial charge in [0.2, 0.25) is 5.91 Å². The fourth-order valence-corrected chi connectivity index (χ4v) is 4.08. The molecule has 0 fully saturated rings. The Morgan fingerprint density at radius 3 is 2.63 bits per heavy atom. The molecule has 2 aromatic carbocycles. The average molecular weight is 494 g/mol. The van der Waals surface area contributed by atoms with E-state index >= 15 is 0 Å². The zero-order valence-electron chi connectivity index (χ0n) is 15.2. The Morgan fingerprint density at radius 1 is 1.15 bits per heavy atom. The Labute approximate surface area is 175 Å². The highest BCUT2D eigenvalue weighted by atomic mass is 127. The van der Waals surface area contributed by atoms with Crippen LogP contribution in [0, 0.1) is 10.5 Å². The third kappa shape index (κ3) is 4.78. The first-order valence-corrected chi connectivity index (χ1v) is 10.2. The van der Waals surface area contributed by atoms with Gasteiger partial charge in [-0.2, -0.15) is 0 Å². The number of nitrogens with zero attached hydrogens (tertiary/aromatic N) is 1. The maximum Gasteiger partial charge on any atom is 0.230 e. The lowest BCUT2D eigenvalue weighted by Crippen LogP contribution is -2.15. The number of carbonyl (C=O) groups excluding carboxylic acids is 1. The second-order valence-corrected chi connectivity index (χ2v) is 8.00. The maximum absolute atomic E-state index is 12.4. The van der Waals surface area contributed by atoms with Gasteiger partial charge in [0.1, 0.15) is 5.01 Å². The largest absolute Gasteiger partial charge is 0.493 e. The number of nitrogens with one attached hydrogen (secondary N) is 1. The van der Waals surface area contributed by atoms with Crippen molar-refractivity contribution in [1.82, 2.24) is 4.98 Å². The predicted octanol–water partition coefficient (Wildman–Crippen LogP) is 4.92. The first-order valence-electron chi connectivity index (χ1n) is 8.23. The Balaban J connectivity index is 1.71. The highest BCUT2D eigenvalue weighted by molar-refractivity contribution is 14.1. The van der Waals surface area contributed by atoms with Crippen LogP contribution in [0.3, 0.4) is 0 Å². The summed E-state index contributed by atoms with van der Waals surface area (Å²) in [4.78, 5) is 17.0. The van der Waals surface area contributed by atoms with E-state index in [1.165, 1.54) is 11.3 Å². The van der Waals surface area contributed by atoms with Crippen LogP contribution >= 0.6 is 33.9 Å². The summed E-state index contributed by atoms with van der Waals surface area (Å²) in [6.45, 7) is 1.98. The Bertz CT molecular complexity index is 972. The third-order valence-electron chi connectivity index (χ3n) is 3.99. The summed E-state index contributed by atoms with van der Waals surface area (Å²) in [6.07, 6.45) is 0.231. The Hall–Kier alpha value is -2.13. The quantitative estimate of drug-likeness (QED) is 0.495. The van der Waals surface area contributed by atoms with Crippen molar-refractivity contribution in [3.63, 3.8) is 0 Å². The zero-order chi connectivity index (χ0) is 19.4. The van der Waals surface area contributed by atoms with Gasteiger partial charge in [-0.15, -0.1) is 11.3 Å². The summed E-state index contributed by atoms with van der Waals surface area (Å²) in [6, 6.07) is 11.6. The minimum Gasteiger partial charge on any atom is -0.493 e. The summed E-state index contributed by atoms with van der Waals surface area (Å²) in [7, 11) is 3.21. The van der Waals surface area contributed by atoms with Gasteiger partial charge in [-0.3, -0.25) is 4.79 Å². The lowest BCUT2D eigenvalue weighted by atomic mass is 10.2. The van der Waals surface area contributed by atoms with Crippen molar-refractivity contribution in [3.05, 3.63) is 56.6 Å². The molecule has 7 heteroatoms. The van der Waals surface area contributed by atoms with Gasteiger partial charge in [0.05, 0.1) is 26.3 Å². The molecule has 27 heavy (non-hydrogen) atoms. The van der Waals surface area contributed by atoms with E-state index in [0.29, 0.717) is 11.5 Å². The zero-order valence-corrected chi connectivity index (χ0v) is 18.2. The molecule has 3 rings (SSSR count). The fourth-order valence-electron chi connectivity index (χ4n) is 2.62. The molecule has 0 aliphatic rings. The molecule has 5 nitrogen and oxygen atoms in total. The van der Waals surface area contributed by atoms with Crippen LogP contribution in [-0.4, -0.2) is 25.1 Å². The molecule has 0 aliphatic carbocycles. The predicted molar refractivity (Wildman–Crippen MR) is 117 cm³/mol. The molecule has 0 saturated heterocycles. The van der Waals surface area contributed by atoms with Crippen LogP contribution in [-0.2, 0) is 11.2 Å². The van der Waals surface area contributed by atoms with Gasteiger partial charge < -0.3 is 14.8 Å². The second-order valence-electron chi connectivity index (χ2n) is 5.90. The number of aryl methyl sites for hydroxylation is 1. The van der Waals surface area contributed by atoms with Crippen LogP contribution in [0.5, 0.6) is 11.5 Å². The number of methoxy groups -OCH3 is 2. The highest BCUT2D eigenvalue weighted by Gasteiger charge is 2.12. The lowest BCUT2D eigenvalue weighted by Gasteiger charge is -2.08. The molecule has 0 aliphatic heterocycles. The number of benzene rings is 2. The first kappa shape index (κ1) is 19.6. The van der Waals surface area contributed by atoms with E-state index in [2.05, 4.69) is 32.9 Å². The van der Waals surface area contributed by atoms with Gasteiger partial charge in [-0.1, -0.05) is 0 Å². The molecule has 0 spiro atoms. The van der Waals surface area contributed by atoms with Crippen LogP contribution < -0.4 is 14.8 Å². The molecule has 0 radical (unpaired) electrons. The number of anilines is 1. The number of thiazole rings is 1. The van der Waals surface area contributed by atoms with Gasteiger partial charge in [-0.25, -0.2) is 4.98 Å². The minimum atomic E-state index is -0.0801. The molecular formula is C20H19IN2O3S. The number of halogens is 1. The monoisotopic (exact) mass is 494 g/mol. The van der Waals surface area contributed by atoms with E-state index in [9.17, 15) is 4.79 Å². The number of aromatic nitrogens is 1. The number of carbonyl (C=O) groups is 1. The summed E-state index contributed by atoms with van der Waals surface area (Å²) in [5.41, 5.74) is 3.54. The SMILES string of the molecule is COc1ccc(-c2nc(CC(=O)Nc3ccc(I)cc3C)cs2)cc1OC. The number of hydrogen-bond acceptors (Lipinski definition) is 5. The van der Waals surface area contributed by atoms with E-state index in [1.807, 2.05) is 48.7 Å². The van der Waals surface area contributed by atoms with Crippen molar-refractivity contribution in [1.29, 1.82) is 0 Å². The summed E-state index contributed by atoms with van der Waals surface area (Å²) in [5, 5.41) is 5.70. The van der Waals surface area contributed by atoms with Crippen molar-refractivity contribution < 1.29 is 14.3 Å². The van der Waals surface area contributed by atoms with Gasteiger partial charge in [0.25, 0.3) is 0 Å². The number of hydrogen-bond donors (Lipinski definition) is 1. The van der Waals surface area contributed by atoms with Gasteiger partial charge in [0, 0.05) is 20.2 Å². The molecule has 140 valence electrons. The van der Waals surface area contributed by atoms with Gasteiger partial charge >= 0.3 is 0 Å². The van der Waals surface area contributed by atoms with Crippen molar-refractivity contribution in [2.75, 3.05) is 19.5 Å². The number of ether oxygens (including phenoxy) is 2. The molecular weight excluding hydrogens is 475 g/mol. The molecule has 1 amide bonds. The number of amides is 1. The number of rotatable bonds is 6. The standard InChI is InChI=1S/C20H19IN2O3S/c1-12-8-14(21)5-6-16(12)23-19(24)10-15-11-27-20(22-15)13-4-7-17(25-2)18(9-13)26-3/h4-9,11H,10H2,1-3H3,(H,23,24). The van der Waals surface area contributed by atoms with Gasteiger partial charge in [0.15, 0.2) is 11.5 Å². The molecule has 3 aromatic rings. The first-order chi connectivity index (χ1) is 13.0. The van der Waals surface area contributed by atoms with E-state index < -0.39 is 0 Å². The van der Waals surface area contributed by atoms with Crippen molar-refractivity contribution >= 4 is 45.5 Å². The van der Waals surface area contributed by atoms with Crippen molar-refractivity contribution in [2.45, 2.75) is 13.3 Å². The van der Waals surface area contributed by atoms with E-state index in [4.69, 9.17) is 9.47 Å². The lowest BCUT2D eigenvalue weighted by molar-refractivity contribution is -0.115. The Morgan fingerprint density at radius 2 is 1.93 bits per heavy atom. The summed E-state index contributed by atoms with van der Waals surface area (Å²) in [5.74, 6) is 1.24. The molecule has 1 heterocycles. The molecule has 0 unspecified atom stereocenters. The minimum absolute atomic E-state index is 0.0801. The van der Waals surface area contributed by atoms with Crippen LogP contribution in [0.1, 0.15) is 11.3 Å². The van der Waals surface area contributed by atoms with Crippen LogP contribution in [0.2, 0.25) is 0 Å². The van der Waals surface area contributed by atoms with E-state index in [0.717, 1.165) is 31.1 Å². The topological polar surface area (TPSA) is 60.5 Å². The van der Waals surface area contributed by atoms with Gasteiger partial charge in [-0.05, 0) is 71.5 Å². The average Bonchev–Trinajstić information content (AvgIpc) is 3.11. The molecule has 1 N–H and O–H groups in total. The maximum atomic E-state index is 12.4. The Kier molecular flexibility index (Phi) is 6.33. The highest BCUT2D eigenvalue weighted by Crippen LogP contribution is 2.33. The fraction of sp³-hybridized carbons (Fsp3) is 0.200. The normalized spacial score (nSPS) is 10.5. The van der Waals surface area contributed by atoms with E-state index in [1.54, 1.807) is 14.2 Å². The summed E-state index contributed by atoms with van der Waals surface area (Å²) >= 11 is 3.75. The van der Waals surface area contributed by atoms with Crippen molar-refractivity contribution in [3.8, 4) is 22.1 Å². The van der Waals surface area contributed by atoms with E-state index in [-0.39, 0.29) is 12.3 Å². The third-order valence-corrected chi connectivity index (χ3v) is 5.60. The molecule has 1 aromatic heterocycles. The molecule has 0 saturated carbocycles. The van der Waals surface area contributed by atoms with Crippen LogP contribution in [0.25, 0.3) is 10.6 Å². The van der Waals surface area contributed by atoms with Crippen LogP contribution in [0.4, 0.5) is 5.69 Å². The second kappa shape index (κ2) is 8.71. The molecule has 0 atom stereocenters. The summed E-state index contributed by atoms with van der Waals surface area (Å²) < 4.78 is 11.7.